The molecule has 10 nitrogen and oxygen atoms in total. The Morgan fingerprint density at radius 3 is 2.90 bits per heavy atom. The largest absolute Gasteiger partial charge is 0.480 e. The predicted molar refractivity (Wildman–Crippen MR) is 111 cm³/mol. The van der Waals surface area contributed by atoms with E-state index in [1.54, 1.807) is 18.5 Å². The van der Waals surface area contributed by atoms with Crippen LogP contribution in [-0.4, -0.2) is 66.6 Å². The Morgan fingerprint density at radius 1 is 1.30 bits per heavy atom. The number of carbonyl (C=O) groups is 1. The zero-order valence-corrected chi connectivity index (χ0v) is 16.8. The third kappa shape index (κ3) is 3.19. The van der Waals surface area contributed by atoms with Crippen molar-refractivity contribution >= 4 is 28.5 Å². The highest BCUT2D eigenvalue weighted by Gasteiger charge is 2.22. The number of aromatic nitrogens is 6. The van der Waals surface area contributed by atoms with Crippen molar-refractivity contribution < 1.29 is 9.53 Å². The number of pyridine rings is 1. The van der Waals surface area contributed by atoms with E-state index >= 15 is 0 Å². The molecule has 0 atom stereocenters. The first kappa shape index (κ1) is 18.3. The van der Waals surface area contributed by atoms with Crippen LogP contribution >= 0.6 is 0 Å². The molecule has 10 heteroatoms. The Kier molecular flexibility index (Phi) is 4.46. The molecule has 1 aliphatic rings. The molecule has 5 rings (SSSR count). The van der Waals surface area contributed by atoms with Gasteiger partial charge in [0, 0.05) is 44.0 Å². The van der Waals surface area contributed by atoms with Gasteiger partial charge in [-0.05, 0) is 30.5 Å². The second-order valence-corrected chi connectivity index (χ2v) is 7.39. The molecule has 4 aromatic heterocycles. The van der Waals surface area contributed by atoms with Gasteiger partial charge in [-0.3, -0.25) is 4.79 Å². The van der Waals surface area contributed by atoms with Gasteiger partial charge >= 0.3 is 0 Å². The van der Waals surface area contributed by atoms with E-state index in [1.807, 2.05) is 29.4 Å². The van der Waals surface area contributed by atoms with Gasteiger partial charge in [0.1, 0.15) is 12.0 Å². The zero-order valence-electron chi connectivity index (χ0n) is 16.8. The lowest BCUT2D eigenvalue weighted by molar-refractivity contribution is -0.129. The SMILES string of the molecule is COc1nc(NC2CCN(C(C)=O)CC2)nc2[nH]cc(-c3ccn4ncnc4c3)c12. The van der Waals surface area contributed by atoms with Crippen molar-refractivity contribution in [2.75, 3.05) is 25.5 Å². The van der Waals surface area contributed by atoms with Crippen molar-refractivity contribution in [2.45, 2.75) is 25.8 Å². The molecule has 2 N–H and O–H groups in total. The van der Waals surface area contributed by atoms with Crippen molar-refractivity contribution in [1.82, 2.24) is 34.4 Å². The van der Waals surface area contributed by atoms with Gasteiger partial charge in [-0.1, -0.05) is 0 Å². The molecule has 154 valence electrons. The fourth-order valence-corrected chi connectivity index (χ4v) is 3.94. The maximum absolute atomic E-state index is 11.5. The lowest BCUT2D eigenvalue weighted by Crippen LogP contribution is -2.41. The molecular formula is C20H22N8O2. The minimum Gasteiger partial charge on any atom is -0.480 e. The molecule has 0 unspecified atom stereocenters. The van der Waals surface area contributed by atoms with Crippen LogP contribution in [0.25, 0.3) is 27.8 Å². The summed E-state index contributed by atoms with van der Waals surface area (Å²) in [6.07, 6.45) is 7.01. The van der Waals surface area contributed by atoms with Crippen LogP contribution in [0.2, 0.25) is 0 Å². The Bertz CT molecular complexity index is 1220. The Hall–Kier alpha value is -3.69. The summed E-state index contributed by atoms with van der Waals surface area (Å²) in [4.78, 5) is 30.1. The molecule has 0 aliphatic carbocycles. The van der Waals surface area contributed by atoms with E-state index in [9.17, 15) is 4.79 Å². The molecule has 0 bridgehead atoms. The van der Waals surface area contributed by atoms with Gasteiger partial charge in [0.2, 0.25) is 17.7 Å². The normalized spacial score (nSPS) is 15.1. The second kappa shape index (κ2) is 7.29. The first-order valence-electron chi connectivity index (χ1n) is 9.87. The highest BCUT2D eigenvalue weighted by molar-refractivity contribution is 5.98. The van der Waals surface area contributed by atoms with E-state index in [4.69, 9.17) is 4.74 Å². The Morgan fingerprint density at radius 2 is 2.13 bits per heavy atom. The molecule has 0 spiro atoms. The van der Waals surface area contributed by atoms with Gasteiger partial charge in [0.25, 0.3) is 0 Å². The van der Waals surface area contributed by atoms with Crippen molar-refractivity contribution in [2.24, 2.45) is 0 Å². The topological polar surface area (TPSA) is 113 Å². The van der Waals surface area contributed by atoms with Crippen LogP contribution in [-0.2, 0) is 4.79 Å². The molecule has 1 fully saturated rings. The molecule has 4 aromatic rings. The fourth-order valence-electron chi connectivity index (χ4n) is 3.94. The molecule has 0 radical (unpaired) electrons. The van der Waals surface area contributed by atoms with Crippen molar-refractivity contribution in [3.05, 3.63) is 30.9 Å². The molecule has 1 saturated heterocycles. The highest BCUT2D eigenvalue weighted by atomic mass is 16.5. The fraction of sp³-hybridized carbons (Fsp3) is 0.350. The molecule has 1 aliphatic heterocycles. The van der Waals surface area contributed by atoms with Crippen molar-refractivity contribution in [3.8, 4) is 17.0 Å². The van der Waals surface area contributed by atoms with Crippen molar-refractivity contribution in [3.63, 3.8) is 0 Å². The number of ether oxygens (including phenoxy) is 1. The first-order valence-corrected chi connectivity index (χ1v) is 9.87. The van der Waals surface area contributed by atoms with Gasteiger partial charge < -0.3 is 19.9 Å². The summed E-state index contributed by atoms with van der Waals surface area (Å²) in [6.45, 7) is 3.09. The van der Waals surface area contributed by atoms with Gasteiger partial charge in [-0.2, -0.15) is 15.1 Å². The summed E-state index contributed by atoms with van der Waals surface area (Å²) < 4.78 is 7.32. The van der Waals surface area contributed by atoms with Gasteiger partial charge in [-0.15, -0.1) is 0 Å². The number of anilines is 1. The number of piperidine rings is 1. The number of hydrogen-bond acceptors (Lipinski definition) is 7. The van der Waals surface area contributed by atoms with Gasteiger partial charge in [0.05, 0.1) is 12.5 Å². The summed E-state index contributed by atoms with van der Waals surface area (Å²) in [7, 11) is 1.61. The maximum atomic E-state index is 11.5. The Labute approximate surface area is 172 Å². The summed E-state index contributed by atoms with van der Waals surface area (Å²) in [5.41, 5.74) is 3.37. The molecule has 1 amide bonds. The smallest absolute Gasteiger partial charge is 0.228 e. The first-order chi connectivity index (χ1) is 14.6. The summed E-state index contributed by atoms with van der Waals surface area (Å²) in [5, 5.41) is 8.35. The number of likely N-dealkylation sites (tertiary alicyclic amines) is 1. The van der Waals surface area contributed by atoms with E-state index in [0.29, 0.717) is 17.5 Å². The maximum Gasteiger partial charge on any atom is 0.228 e. The third-order valence-corrected chi connectivity index (χ3v) is 5.56. The van der Waals surface area contributed by atoms with Gasteiger partial charge in [-0.25, -0.2) is 9.50 Å². The summed E-state index contributed by atoms with van der Waals surface area (Å²) in [5.74, 6) is 1.14. The molecule has 5 heterocycles. The van der Waals surface area contributed by atoms with Crippen LogP contribution in [0.4, 0.5) is 5.95 Å². The number of hydrogen-bond donors (Lipinski definition) is 2. The van der Waals surface area contributed by atoms with Crippen LogP contribution in [0.5, 0.6) is 5.88 Å². The monoisotopic (exact) mass is 406 g/mol. The lowest BCUT2D eigenvalue weighted by Gasteiger charge is -2.31. The van der Waals surface area contributed by atoms with E-state index in [-0.39, 0.29) is 11.9 Å². The summed E-state index contributed by atoms with van der Waals surface area (Å²) >= 11 is 0. The number of aromatic amines is 1. The number of methoxy groups -OCH3 is 1. The molecular weight excluding hydrogens is 384 g/mol. The number of carbonyl (C=O) groups excluding carboxylic acids is 1. The van der Waals surface area contributed by atoms with E-state index in [0.717, 1.165) is 48.1 Å². The lowest BCUT2D eigenvalue weighted by atomic mass is 10.1. The van der Waals surface area contributed by atoms with E-state index < -0.39 is 0 Å². The van der Waals surface area contributed by atoms with Crippen LogP contribution in [0.15, 0.2) is 30.9 Å². The molecule has 30 heavy (non-hydrogen) atoms. The van der Waals surface area contributed by atoms with E-state index in [2.05, 4.69) is 30.4 Å². The number of nitrogens with zero attached hydrogens (tertiary/aromatic N) is 6. The average molecular weight is 406 g/mol. The number of H-pyrrole nitrogens is 1. The molecule has 0 saturated carbocycles. The van der Waals surface area contributed by atoms with Crippen LogP contribution in [0, 0.1) is 0 Å². The van der Waals surface area contributed by atoms with Crippen LogP contribution in [0.1, 0.15) is 19.8 Å². The minimum absolute atomic E-state index is 0.121. The summed E-state index contributed by atoms with van der Waals surface area (Å²) in [6, 6.07) is 4.15. The number of nitrogens with one attached hydrogen (secondary N) is 2. The highest BCUT2D eigenvalue weighted by Crippen LogP contribution is 2.34. The number of fused-ring (bicyclic) bond motifs is 2. The van der Waals surface area contributed by atoms with Crippen molar-refractivity contribution in [1.29, 1.82) is 0 Å². The van der Waals surface area contributed by atoms with Crippen LogP contribution < -0.4 is 10.1 Å². The number of amides is 1. The zero-order chi connectivity index (χ0) is 20.7. The molecule has 0 aromatic carbocycles. The van der Waals surface area contributed by atoms with Crippen LogP contribution in [0.3, 0.4) is 0 Å². The van der Waals surface area contributed by atoms with Gasteiger partial charge in [0.15, 0.2) is 5.65 Å². The second-order valence-electron chi connectivity index (χ2n) is 7.39. The average Bonchev–Trinajstić information content (AvgIpc) is 3.39. The third-order valence-electron chi connectivity index (χ3n) is 5.56. The predicted octanol–water partition coefficient (Wildman–Crippen LogP) is 2.10. The standard InChI is InChI=1S/C20H22N8O2/c1-12(29)27-6-4-14(5-7-27)24-20-25-18-17(19(26-20)30-2)15(10-21-18)13-3-8-28-16(9-13)22-11-23-28/h3,8-11,14H,4-7H2,1-2H3,(H2,21,24,25,26). The van der Waals surface area contributed by atoms with E-state index in [1.165, 1.54) is 6.33 Å². The Balaban J connectivity index is 1.45. The quantitative estimate of drug-likeness (QED) is 0.533. The minimum atomic E-state index is 0.121. The number of rotatable bonds is 4.